The van der Waals surface area contributed by atoms with E-state index in [2.05, 4.69) is 0 Å². The minimum absolute atomic E-state index is 0.0204. The molecular formula is C24H19NO7. The monoisotopic (exact) mass is 433 g/mol. The molecule has 4 rings (SSSR count). The summed E-state index contributed by atoms with van der Waals surface area (Å²) in [6.07, 6.45) is 1.33. The second-order valence-electron chi connectivity index (χ2n) is 7.01. The van der Waals surface area contributed by atoms with Gasteiger partial charge in [0.25, 0.3) is 5.91 Å². The van der Waals surface area contributed by atoms with Crippen molar-refractivity contribution in [2.45, 2.75) is 13.0 Å². The predicted octanol–water partition coefficient (Wildman–Crippen LogP) is 4.00. The minimum atomic E-state index is -0.997. The number of benzene rings is 2. The Morgan fingerprint density at radius 2 is 1.78 bits per heavy atom. The van der Waals surface area contributed by atoms with Crippen LogP contribution in [0, 0.1) is 0 Å². The molecular weight excluding hydrogens is 414 g/mol. The lowest BCUT2D eigenvalue weighted by Gasteiger charge is -2.27. The van der Waals surface area contributed by atoms with Crippen molar-refractivity contribution in [3.05, 3.63) is 89.6 Å². The summed E-state index contributed by atoms with van der Waals surface area (Å²) in [5.41, 5.74) is 0.720. The molecule has 1 aliphatic rings. The number of methoxy groups -OCH3 is 1. The summed E-state index contributed by atoms with van der Waals surface area (Å²) in [5.74, 6) is -1.87. The van der Waals surface area contributed by atoms with E-state index in [-0.39, 0.29) is 17.1 Å². The molecule has 0 bridgehead atoms. The van der Waals surface area contributed by atoms with Gasteiger partial charge in [0.15, 0.2) is 11.5 Å². The summed E-state index contributed by atoms with van der Waals surface area (Å²) >= 11 is 0. The number of hydrogen-bond donors (Lipinski definition) is 1. The van der Waals surface area contributed by atoms with Crippen LogP contribution in [0.5, 0.6) is 11.5 Å². The molecule has 162 valence electrons. The van der Waals surface area contributed by atoms with Gasteiger partial charge in [0, 0.05) is 18.7 Å². The van der Waals surface area contributed by atoms with E-state index in [0.29, 0.717) is 17.0 Å². The first-order chi connectivity index (χ1) is 15.4. The zero-order valence-corrected chi connectivity index (χ0v) is 17.3. The largest absolute Gasteiger partial charge is 0.503 e. The minimum Gasteiger partial charge on any atom is -0.503 e. The maximum absolute atomic E-state index is 13.2. The van der Waals surface area contributed by atoms with E-state index in [1.807, 2.05) is 0 Å². The molecule has 8 heteroatoms. The van der Waals surface area contributed by atoms with Crippen LogP contribution in [0.1, 0.15) is 29.1 Å². The van der Waals surface area contributed by atoms with Gasteiger partial charge in [0.1, 0.15) is 11.5 Å². The van der Waals surface area contributed by atoms with Crippen molar-refractivity contribution in [3.8, 4) is 11.5 Å². The molecule has 1 unspecified atom stereocenters. The summed E-state index contributed by atoms with van der Waals surface area (Å²) in [7, 11) is 1.49. The van der Waals surface area contributed by atoms with Gasteiger partial charge in [-0.05, 0) is 42.0 Å². The molecule has 1 N–H and O–H groups in total. The third kappa shape index (κ3) is 3.74. The second-order valence-corrected chi connectivity index (χ2v) is 7.01. The van der Waals surface area contributed by atoms with Crippen molar-refractivity contribution in [1.82, 2.24) is 0 Å². The molecule has 0 fully saturated rings. The molecule has 1 aromatic heterocycles. The van der Waals surface area contributed by atoms with E-state index in [1.54, 1.807) is 48.5 Å². The fourth-order valence-electron chi connectivity index (χ4n) is 3.63. The van der Waals surface area contributed by atoms with Gasteiger partial charge in [0.2, 0.25) is 5.78 Å². The number of anilines is 1. The van der Waals surface area contributed by atoms with Crippen LogP contribution < -0.4 is 14.4 Å². The molecule has 32 heavy (non-hydrogen) atoms. The number of hydrogen-bond acceptors (Lipinski definition) is 7. The summed E-state index contributed by atoms with van der Waals surface area (Å²) in [4.78, 5) is 39.1. The van der Waals surface area contributed by atoms with Crippen LogP contribution in [0.3, 0.4) is 0 Å². The van der Waals surface area contributed by atoms with E-state index in [1.165, 1.54) is 37.3 Å². The molecule has 1 amide bonds. The number of esters is 1. The molecule has 2 heterocycles. The number of rotatable bonds is 6. The number of nitrogens with zero attached hydrogens (tertiary/aromatic N) is 1. The van der Waals surface area contributed by atoms with Crippen molar-refractivity contribution >= 4 is 23.3 Å². The third-order valence-corrected chi connectivity index (χ3v) is 4.96. The molecule has 0 saturated heterocycles. The fourth-order valence-corrected chi connectivity index (χ4v) is 3.63. The highest BCUT2D eigenvalue weighted by Crippen LogP contribution is 2.43. The van der Waals surface area contributed by atoms with Crippen LogP contribution in [0.2, 0.25) is 0 Å². The highest BCUT2D eigenvalue weighted by Gasteiger charge is 2.45. The Bertz CT molecular complexity index is 1230. The normalized spacial score (nSPS) is 15.8. The average Bonchev–Trinajstić information content (AvgIpc) is 3.41. The molecule has 0 saturated carbocycles. The van der Waals surface area contributed by atoms with Crippen LogP contribution in [0.15, 0.2) is 82.7 Å². The van der Waals surface area contributed by atoms with Crippen molar-refractivity contribution in [1.29, 1.82) is 0 Å². The first-order valence-electron chi connectivity index (χ1n) is 9.68. The van der Waals surface area contributed by atoms with Crippen LogP contribution in [-0.4, -0.2) is 29.9 Å². The summed E-state index contributed by atoms with van der Waals surface area (Å²) in [5, 5.41) is 10.7. The lowest BCUT2D eigenvalue weighted by molar-refractivity contribution is -0.131. The number of furan rings is 1. The van der Waals surface area contributed by atoms with Crippen LogP contribution in [-0.2, 0) is 9.59 Å². The zero-order chi connectivity index (χ0) is 22.8. The third-order valence-electron chi connectivity index (χ3n) is 4.96. The molecule has 1 aliphatic heterocycles. The van der Waals surface area contributed by atoms with Gasteiger partial charge < -0.3 is 19.0 Å². The van der Waals surface area contributed by atoms with E-state index in [9.17, 15) is 19.5 Å². The highest BCUT2D eigenvalue weighted by molar-refractivity contribution is 6.20. The first-order valence-corrected chi connectivity index (χ1v) is 9.68. The van der Waals surface area contributed by atoms with Gasteiger partial charge in [-0.25, -0.2) is 0 Å². The molecule has 0 radical (unpaired) electrons. The quantitative estimate of drug-likeness (QED) is 0.356. The molecule has 0 spiro atoms. The highest BCUT2D eigenvalue weighted by atomic mass is 16.5. The standard InChI is InChI=1S/C24H19NO7/c1-14(26)32-18-9-3-6-15(12-18)21-20(22(27)19-10-5-11-31-19)23(28)24(29)25(21)16-7-4-8-17(13-16)30-2/h3-13,21,28H,1-2H3. The molecule has 8 nitrogen and oxygen atoms in total. The number of Topliss-reactive ketones (excluding diaryl/α,β-unsaturated/α-hetero) is 1. The van der Waals surface area contributed by atoms with Gasteiger partial charge in [-0.3, -0.25) is 19.3 Å². The van der Waals surface area contributed by atoms with E-state index in [0.717, 1.165) is 0 Å². The van der Waals surface area contributed by atoms with Crippen molar-refractivity contribution < 1.29 is 33.4 Å². The lowest BCUT2D eigenvalue weighted by atomic mass is 9.94. The summed E-state index contributed by atoms with van der Waals surface area (Å²) in [6, 6.07) is 15.1. The van der Waals surface area contributed by atoms with Crippen LogP contribution in [0.25, 0.3) is 0 Å². The maximum atomic E-state index is 13.2. The second kappa shape index (κ2) is 8.43. The van der Waals surface area contributed by atoms with Crippen LogP contribution in [0.4, 0.5) is 5.69 Å². The van der Waals surface area contributed by atoms with Gasteiger partial charge in [-0.2, -0.15) is 0 Å². The number of amides is 1. The fraction of sp³-hybridized carbons (Fsp3) is 0.125. The number of ether oxygens (including phenoxy) is 2. The number of carbonyl (C=O) groups excluding carboxylic acids is 3. The lowest BCUT2D eigenvalue weighted by Crippen LogP contribution is -2.31. The van der Waals surface area contributed by atoms with Crippen molar-refractivity contribution in [2.75, 3.05) is 12.0 Å². The molecule has 2 aromatic carbocycles. The molecule has 3 aromatic rings. The molecule has 1 atom stereocenters. The number of aliphatic hydroxyl groups excluding tert-OH is 1. The predicted molar refractivity (Wildman–Crippen MR) is 114 cm³/mol. The van der Waals surface area contributed by atoms with Gasteiger partial charge in [0.05, 0.1) is 25.0 Å². The van der Waals surface area contributed by atoms with E-state index < -0.39 is 29.5 Å². The Kier molecular flexibility index (Phi) is 5.51. The van der Waals surface area contributed by atoms with Crippen molar-refractivity contribution in [2.24, 2.45) is 0 Å². The Hall–Kier alpha value is -4.33. The molecule has 0 aliphatic carbocycles. The SMILES string of the molecule is COc1cccc(N2C(=O)C(O)=C(C(=O)c3ccco3)C2c2cccc(OC(C)=O)c2)c1. The zero-order valence-electron chi connectivity index (χ0n) is 17.3. The summed E-state index contributed by atoms with van der Waals surface area (Å²) < 4.78 is 15.6. The smallest absolute Gasteiger partial charge is 0.308 e. The Labute approximate surface area is 183 Å². The summed E-state index contributed by atoms with van der Waals surface area (Å²) in [6.45, 7) is 1.27. The maximum Gasteiger partial charge on any atom is 0.308 e. The van der Waals surface area contributed by atoms with E-state index >= 15 is 0 Å². The first kappa shape index (κ1) is 20.9. The Morgan fingerprint density at radius 1 is 1.03 bits per heavy atom. The van der Waals surface area contributed by atoms with Crippen molar-refractivity contribution in [3.63, 3.8) is 0 Å². The number of ketones is 1. The van der Waals surface area contributed by atoms with Crippen LogP contribution >= 0.6 is 0 Å². The van der Waals surface area contributed by atoms with Gasteiger partial charge in [-0.1, -0.05) is 18.2 Å². The topological polar surface area (TPSA) is 106 Å². The Balaban J connectivity index is 1.88. The average molecular weight is 433 g/mol. The number of carbonyl (C=O) groups is 3. The number of aliphatic hydroxyl groups is 1. The van der Waals surface area contributed by atoms with E-state index in [4.69, 9.17) is 13.9 Å². The Morgan fingerprint density at radius 3 is 2.47 bits per heavy atom. The van der Waals surface area contributed by atoms with Gasteiger partial charge in [-0.15, -0.1) is 0 Å². The van der Waals surface area contributed by atoms with Gasteiger partial charge >= 0.3 is 5.97 Å².